The molecule has 0 amide bonds. The van der Waals surface area contributed by atoms with Crippen LogP contribution in [0, 0.1) is 5.92 Å². The molecule has 21 heavy (non-hydrogen) atoms. The number of nitrogens with zero attached hydrogens (tertiary/aromatic N) is 1. The minimum absolute atomic E-state index is 0.151. The second-order valence-electron chi connectivity index (χ2n) is 5.75. The molecule has 0 saturated heterocycles. The lowest BCUT2D eigenvalue weighted by molar-refractivity contribution is 0.0353. The number of anilines is 1. The first-order valence-electron chi connectivity index (χ1n) is 7.62. The van der Waals surface area contributed by atoms with Crippen LogP contribution in [0.5, 0.6) is 0 Å². The van der Waals surface area contributed by atoms with Crippen molar-refractivity contribution >= 4 is 17.0 Å². The molecule has 0 radical (unpaired) electrons. The molecule has 4 heteroatoms. The van der Waals surface area contributed by atoms with E-state index >= 15 is 0 Å². The van der Waals surface area contributed by atoms with E-state index in [1.54, 1.807) is 11.3 Å². The third-order valence-electron chi connectivity index (χ3n) is 4.30. The number of thiazole rings is 1. The maximum atomic E-state index is 5.77. The van der Waals surface area contributed by atoms with Gasteiger partial charge in [-0.15, -0.1) is 11.3 Å². The van der Waals surface area contributed by atoms with Gasteiger partial charge in [0.15, 0.2) is 0 Å². The average molecular weight is 302 g/mol. The summed E-state index contributed by atoms with van der Waals surface area (Å²) in [6, 6.07) is 7.89. The Morgan fingerprint density at radius 3 is 2.57 bits per heavy atom. The number of benzene rings is 1. The minimum atomic E-state index is 0.151. The van der Waals surface area contributed by atoms with E-state index in [1.807, 2.05) is 31.4 Å². The van der Waals surface area contributed by atoms with E-state index in [0.29, 0.717) is 5.92 Å². The average Bonchev–Trinajstić information content (AvgIpc) is 2.99. The summed E-state index contributed by atoms with van der Waals surface area (Å²) in [5, 5.41) is 3.23. The molecular formula is C17H22N2OS. The van der Waals surface area contributed by atoms with Gasteiger partial charge in [-0.05, 0) is 30.9 Å². The van der Waals surface area contributed by atoms with Crippen molar-refractivity contribution in [1.82, 2.24) is 4.98 Å². The monoisotopic (exact) mass is 302 g/mol. The molecule has 2 aromatic rings. The molecule has 2 N–H and O–H groups in total. The van der Waals surface area contributed by atoms with Crippen molar-refractivity contribution in [2.24, 2.45) is 5.92 Å². The lowest BCUT2D eigenvalue weighted by Gasteiger charge is -2.27. The summed E-state index contributed by atoms with van der Waals surface area (Å²) in [5.74, 6) is 0.620. The Morgan fingerprint density at radius 1 is 1.19 bits per heavy atom. The summed E-state index contributed by atoms with van der Waals surface area (Å²) >= 11 is 1.71. The third kappa shape index (κ3) is 3.27. The smallest absolute Gasteiger partial charge is 0.122 e. The summed E-state index contributed by atoms with van der Waals surface area (Å²) in [7, 11) is 1.81. The van der Waals surface area contributed by atoms with Crippen molar-refractivity contribution in [3.8, 4) is 11.3 Å². The van der Waals surface area contributed by atoms with Crippen molar-refractivity contribution in [1.29, 1.82) is 0 Å². The molecule has 1 atom stereocenters. The molecule has 0 aliphatic heterocycles. The van der Waals surface area contributed by atoms with Gasteiger partial charge < -0.3 is 10.5 Å². The molecule has 1 unspecified atom stereocenters. The van der Waals surface area contributed by atoms with Crippen molar-refractivity contribution in [3.05, 3.63) is 34.7 Å². The predicted octanol–water partition coefficient (Wildman–Crippen LogP) is 4.66. The second-order valence-corrected chi connectivity index (χ2v) is 6.64. The Kier molecular flexibility index (Phi) is 4.56. The van der Waals surface area contributed by atoms with Crippen LogP contribution in [0.25, 0.3) is 11.3 Å². The molecule has 1 aliphatic carbocycles. The van der Waals surface area contributed by atoms with Crippen LogP contribution in [0.4, 0.5) is 5.69 Å². The topological polar surface area (TPSA) is 48.1 Å². The molecule has 1 heterocycles. The summed E-state index contributed by atoms with van der Waals surface area (Å²) < 4.78 is 5.77. The Labute approximate surface area is 130 Å². The maximum Gasteiger partial charge on any atom is 0.122 e. The van der Waals surface area contributed by atoms with Gasteiger partial charge in [-0.1, -0.05) is 31.4 Å². The van der Waals surface area contributed by atoms with Gasteiger partial charge >= 0.3 is 0 Å². The van der Waals surface area contributed by atoms with Crippen molar-refractivity contribution in [2.75, 3.05) is 12.8 Å². The minimum Gasteiger partial charge on any atom is -0.399 e. The number of rotatable bonds is 4. The molecule has 1 saturated carbocycles. The first kappa shape index (κ1) is 14.5. The van der Waals surface area contributed by atoms with Crippen LogP contribution >= 0.6 is 11.3 Å². The summed E-state index contributed by atoms with van der Waals surface area (Å²) in [6.07, 6.45) is 6.67. The molecule has 1 aliphatic rings. The molecule has 0 spiro atoms. The summed E-state index contributed by atoms with van der Waals surface area (Å²) in [6.45, 7) is 0. The van der Waals surface area contributed by atoms with Crippen LogP contribution < -0.4 is 5.73 Å². The standard InChI is InChI=1S/C17H22N2OS/c1-20-16(13-5-3-2-4-6-13)17-19-15(11-21-17)12-7-9-14(18)10-8-12/h7-11,13,16H,2-6,18H2,1H3. The van der Waals surface area contributed by atoms with Crippen molar-refractivity contribution < 1.29 is 4.74 Å². The molecule has 1 aromatic carbocycles. The van der Waals surface area contributed by atoms with Crippen molar-refractivity contribution in [2.45, 2.75) is 38.2 Å². The predicted molar refractivity (Wildman–Crippen MR) is 88.3 cm³/mol. The molecule has 1 aromatic heterocycles. The fraction of sp³-hybridized carbons (Fsp3) is 0.471. The van der Waals surface area contributed by atoms with Crippen LogP contribution in [0.15, 0.2) is 29.6 Å². The number of nitrogen functional groups attached to an aromatic ring is 1. The van der Waals surface area contributed by atoms with Crippen LogP contribution in [-0.2, 0) is 4.74 Å². The van der Waals surface area contributed by atoms with Crippen LogP contribution in [-0.4, -0.2) is 12.1 Å². The lowest BCUT2D eigenvalue weighted by Crippen LogP contribution is -2.17. The largest absolute Gasteiger partial charge is 0.399 e. The first-order valence-corrected chi connectivity index (χ1v) is 8.50. The molecule has 112 valence electrons. The first-order chi connectivity index (χ1) is 10.3. The molecule has 3 nitrogen and oxygen atoms in total. The summed E-state index contributed by atoms with van der Waals surface area (Å²) in [5.41, 5.74) is 8.66. The normalized spacial score (nSPS) is 17.8. The quantitative estimate of drug-likeness (QED) is 0.836. The molecule has 3 rings (SSSR count). The van der Waals surface area contributed by atoms with Gasteiger partial charge in [-0.25, -0.2) is 4.98 Å². The third-order valence-corrected chi connectivity index (χ3v) is 5.21. The van der Waals surface area contributed by atoms with E-state index in [1.165, 1.54) is 32.1 Å². The van der Waals surface area contributed by atoms with Gasteiger partial charge in [0.1, 0.15) is 11.1 Å². The van der Waals surface area contributed by atoms with Gasteiger partial charge in [-0.2, -0.15) is 0 Å². The Morgan fingerprint density at radius 2 is 1.90 bits per heavy atom. The van der Waals surface area contributed by atoms with Crippen molar-refractivity contribution in [3.63, 3.8) is 0 Å². The molecular weight excluding hydrogens is 280 g/mol. The van der Waals surface area contributed by atoms with Gasteiger partial charge in [0.05, 0.1) is 5.69 Å². The number of hydrogen-bond acceptors (Lipinski definition) is 4. The van der Waals surface area contributed by atoms with Crippen LogP contribution in [0.2, 0.25) is 0 Å². The summed E-state index contributed by atoms with van der Waals surface area (Å²) in [4.78, 5) is 4.81. The number of nitrogens with two attached hydrogens (primary N) is 1. The zero-order chi connectivity index (χ0) is 14.7. The highest BCUT2D eigenvalue weighted by molar-refractivity contribution is 7.10. The number of ether oxygens (including phenoxy) is 1. The van der Waals surface area contributed by atoms with E-state index in [0.717, 1.165) is 22.0 Å². The maximum absolute atomic E-state index is 5.77. The van der Waals surface area contributed by atoms with Gasteiger partial charge in [0.2, 0.25) is 0 Å². The van der Waals surface area contributed by atoms with E-state index in [2.05, 4.69) is 5.38 Å². The van der Waals surface area contributed by atoms with E-state index in [9.17, 15) is 0 Å². The molecule has 1 fully saturated rings. The Bertz CT molecular complexity index is 573. The fourth-order valence-corrected chi connectivity index (χ4v) is 4.13. The SMILES string of the molecule is COC(c1nc(-c2ccc(N)cc2)cs1)C1CCCCC1. The number of aromatic nitrogens is 1. The van der Waals surface area contributed by atoms with Crippen LogP contribution in [0.3, 0.4) is 0 Å². The second kappa shape index (κ2) is 6.58. The Hall–Kier alpha value is -1.39. The fourth-order valence-electron chi connectivity index (χ4n) is 3.14. The zero-order valence-electron chi connectivity index (χ0n) is 12.4. The zero-order valence-corrected chi connectivity index (χ0v) is 13.2. The number of hydrogen-bond donors (Lipinski definition) is 1. The highest BCUT2D eigenvalue weighted by Crippen LogP contribution is 2.38. The lowest BCUT2D eigenvalue weighted by atomic mass is 9.85. The van der Waals surface area contributed by atoms with Gasteiger partial charge in [0.25, 0.3) is 0 Å². The van der Waals surface area contributed by atoms with E-state index < -0.39 is 0 Å². The van der Waals surface area contributed by atoms with Crippen LogP contribution in [0.1, 0.15) is 43.2 Å². The van der Waals surface area contributed by atoms with E-state index in [-0.39, 0.29) is 6.10 Å². The van der Waals surface area contributed by atoms with Gasteiger partial charge in [-0.3, -0.25) is 0 Å². The highest BCUT2D eigenvalue weighted by Gasteiger charge is 2.27. The molecule has 0 bridgehead atoms. The van der Waals surface area contributed by atoms with E-state index in [4.69, 9.17) is 15.5 Å². The highest BCUT2D eigenvalue weighted by atomic mass is 32.1. The number of methoxy groups -OCH3 is 1. The Balaban J connectivity index is 1.80. The van der Waals surface area contributed by atoms with Gasteiger partial charge in [0, 0.05) is 23.7 Å².